The average Bonchev–Trinajstić information content (AvgIpc) is 2.29. The number of hydrogen-bond acceptors (Lipinski definition) is 3. The fourth-order valence-corrected chi connectivity index (χ4v) is 1.84. The number of carbonyl (C=O) groups excluding carboxylic acids is 1. The molecule has 1 rings (SSSR count). The van der Waals surface area contributed by atoms with E-state index in [9.17, 15) is 4.79 Å². The summed E-state index contributed by atoms with van der Waals surface area (Å²) in [5, 5.41) is 3.17. The van der Waals surface area contributed by atoms with Crippen molar-refractivity contribution in [3.63, 3.8) is 0 Å². The first-order chi connectivity index (χ1) is 7.24. The molecule has 1 aliphatic carbocycles. The molecular weight excluding hydrogens is 190 g/mol. The van der Waals surface area contributed by atoms with Crippen LogP contribution in [0.15, 0.2) is 11.6 Å². The quantitative estimate of drug-likeness (QED) is 0.558. The van der Waals surface area contributed by atoms with E-state index in [1.54, 1.807) is 0 Å². The van der Waals surface area contributed by atoms with E-state index >= 15 is 0 Å². The van der Waals surface area contributed by atoms with Crippen molar-refractivity contribution in [2.75, 3.05) is 13.7 Å². The molecule has 0 amide bonds. The molecule has 1 atom stereocenters. The lowest BCUT2D eigenvalue weighted by Gasteiger charge is -2.15. The third kappa shape index (κ3) is 4.47. The van der Waals surface area contributed by atoms with Gasteiger partial charge >= 0.3 is 5.97 Å². The summed E-state index contributed by atoms with van der Waals surface area (Å²) in [4.78, 5) is 11.1. The number of nitrogens with one attached hydrogen (secondary N) is 1. The zero-order valence-corrected chi connectivity index (χ0v) is 9.71. The first kappa shape index (κ1) is 12.2. The van der Waals surface area contributed by atoms with Crippen molar-refractivity contribution >= 4 is 5.97 Å². The maximum absolute atomic E-state index is 11.1. The molecule has 0 bridgehead atoms. The molecule has 0 saturated carbocycles. The molecule has 0 aromatic heterocycles. The number of hydrogen-bond donors (Lipinski definition) is 1. The highest BCUT2D eigenvalue weighted by atomic mass is 16.5. The zero-order chi connectivity index (χ0) is 11.1. The van der Waals surface area contributed by atoms with Crippen LogP contribution in [0.25, 0.3) is 0 Å². The predicted octanol–water partition coefficient (Wildman–Crippen LogP) is 2.03. The largest absolute Gasteiger partial charge is 0.468 e. The molecule has 0 aromatic carbocycles. The second-order valence-electron chi connectivity index (χ2n) is 4.06. The van der Waals surface area contributed by atoms with E-state index in [-0.39, 0.29) is 12.0 Å². The molecule has 3 nitrogen and oxygen atoms in total. The van der Waals surface area contributed by atoms with Crippen LogP contribution in [0.4, 0.5) is 0 Å². The Kier molecular flexibility index (Phi) is 5.40. The molecule has 3 heteroatoms. The van der Waals surface area contributed by atoms with Gasteiger partial charge < -0.3 is 10.1 Å². The van der Waals surface area contributed by atoms with E-state index < -0.39 is 0 Å². The van der Waals surface area contributed by atoms with Crippen molar-refractivity contribution < 1.29 is 9.53 Å². The van der Waals surface area contributed by atoms with Crippen LogP contribution in [0, 0.1) is 0 Å². The zero-order valence-electron chi connectivity index (χ0n) is 9.71. The summed E-state index contributed by atoms with van der Waals surface area (Å²) in [6.07, 6.45) is 8.50. The van der Waals surface area contributed by atoms with Gasteiger partial charge in [0, 0.05) is 0 Å². The van der Waals surface area contributed by atoms with Gasteiger partial charge in [0.05, 0.1) is 7.11 Å². The molecule has 1 unspecified atom stereocenters. The SMILES string of the molecule is COC(=O)C(C)NCCC1=CCCCC1. The van der Waals surface area contributed by atoms with Crippen LogP contribution < -0.4 is 5.32 Å². The molecule has 1 N–H and O–H groups in total. The van der Waals surface area contributed by atoms with Crippen molar-refractivity contribution in [3.05, 3.63) is 11.6 Å². The van der Waals surface area contributed by atoms with Gasteiger partial charge in [0.2, 0.25) is 0 Å². The number of rotatable bonds is 5. The molecule has 86 valence electrons. The van der Waals surface area contributed by atoms with E-state index in [0.717, 1.165) is 13.0 Å². The Morgan fingerprint density at radius 2 is 2.40 bits per heavy atom. The first-order valence-electron chi connectivity index (χ1n) is 5.73. The van der Waals surface area contributed by atoms with Crippen molar-refractivity contribution in [3.8, 4) is 0 Å². The monoisotopic (exact) mass is 211 g/mol. The summed E-state index contributed by atoms with van der Waals surface area (Å²) < 4.78 is 4.64. The summed E-state index contributed by atoms with van der Waals surface area (Å²) >= 11 is 0. The van der Waals surface area contributed by atoms with Crippen molar-refractivity contribution in [1.82, 2.24) is 5.32 Å². The van der Waals surface area contributed by atoms with Crippen LogP contribution in [0.2, 0.25) is 0 Å². The number of methoxy groups -OCH3 is 1. The molecule has 0 aliphatic heterocycles. The maximum Gasteiger partial charge on any atom is 0.322 e. The molecule has 0 saturated heterocycles. The number of carbonyl (C=O) groups is 1. The second-order valence-corrected chi connectivity index (χ2v) is 4.06. The van der Waals surface area contributed by atoms with Crippen molar-refractivity contribution in [2.24, 2.45) is 0 Å². The Balaban J connectivity index is 2.15. The smallest absolute Gasteiger partial charge is 0.322 e. The minimum absolute atomic E-state index is 0.187. The third-order valence-electron chi connectivity index (χ3n) is 2.84. The van der Waals surface area contributed by atoms with Crippen LogP contribution in [0.1, 0.15) is 39.0 Å². The number of allylic oxidation sites excluding steroid dienone is 1. The third-order valence-corrected chi connectivity index (χ3v) is 2.84. The Morgan fingerprint density at radius 3 is 3.00 bits per heavy atom. The predicted molar refractivity (Wildman–Crippen MR) is 60.6 cm³/mol. The van der Waals surface area contributed by atoms with Gasteiger partial charge in [-0.15, -0.1) is 0 Å². The van der Waals surface area contributed by atoms with Gasteiger partial charge in [-0.05, 0) is 45.6 Å². The van der Waals surface area contributed by atoms with Crippen LogP contribution in [-0.4, -0.2) is 25.7 Å². The summed E-state index contributed by atoms with van der Waals surface area (Å²) in [5.41, 5.74) is 1.53. The molecule has 0 aromatic rings. The Bertz CT molecular complexity index is 236. The van der Waals surface area contributed by atoms with Gasteiger partial charge in [0.1, 0.15) is 6.04 Å². The van der Waals surface area contributed by atoms with Gasteiger partial charge in [-0.2, -0.15) is 0 Å². The summed E-state index contributed by atoms with van der Waals surface area (Å²) in [6.45, 7) is 2.70. The Hall–Kier alpha value is -0.830. The van der Waals surface area contributed by atoms with Crippen LogP contribution in [0.5, 0.6) is 0 Å². The fraction of sp³-hybridized carbons (Fsp3) is 0.750. The maximum atomic E-state index is 11.1. The number of ether oxygens (including phenoxy) is 1. The molecule has 15 heavy (non-hydrogen) atoms. The van der Waals surface area contributed by atoms with Crippen molar-refractivity contribution in [1.29, 1.82) is 0 Å². The molecule has 1 aliphatic rings. The van der Waals surface area contributed by atoms with E-state index in [1.165, 1.54) is 38.4 Å². The molecule has 0 heterocycles. The van der Waals surface area contributed by atoms with Gasteiger partial charge in [-0.1, -0.05) is 11.6 Å². The summed E-state index contributed by atoms with van der Waals surface area (Å²) in [7, 11) is 1.42. The minimum Gasteiger partial charge on any atom is -0.468 e. The average molecular weight is 211 g/mol. The van der Waals surface area contributed by atoms with Gasteiger partial charge in [-0.25, -0.2) is 0 Å². The van der Waals surface area contributed by atoms with Crippen LogP contribution in [0.3, 0.4) is 0 Å². The Morgan fingerprint density at radius 1 is 1.60 bits per heavy atom. The van der Waals surface area contributed by atoms with E-state index in [0.29, 0.717) is 0 Å². The highest BCUT2D eigenvalue weighted by Crippen LogP contribution is 2.19. The fourth-order valence-electron chi connectivity index (χ4n) is 1.84. The molecule has 0 fully saturated rings. The summed E-state index contributed by atoms with van der Waals surface area (Å²) in [5.74, 6) is -0.187. The molecule has 0 radical (unpaired) electrons. The molecule has 0 spiro atoms. The topological polar surface area (TPSA) is 38.3 Å². The molecular formula is C12H21NO2. The number of esters is 1. The highest BCUT2D eigenvalue weighted by molar-refractivity contribution is 5.75. The lowest BCUT2D eigenvalue weighted by Crippen LogP contribution is -2.35. The first-order valence-corrected chi connectivity index (χ1v) is 5.73. The minimum atomic E-state index is -0.195. The standard InChI is InChI=1S/C12H21NO2/c1-10(12(14)15-2)13-9-8-11-6-4-3-5-7-11/h6,10,13H,3-5,7-9H2,1-2H3. The lowest BCUT2D eigenvalue weighted by atomic mass is 9.97. The second kappa shape index (κ2) is 6.62. The lowest BCUT2D eigenvalue weighted by molar-refractivity contribution is -0.142. The van der Waals surface area contributed by atoms with Gasteiger partial charge in [0.15, 0.2) is 0 Å². The van der Waals surface area contributed by atoms with Crippen LogP contribution >= 0.6 is 0 Å². The normalized spacial score (nSPS) is 18.1. The van der Waals surface area contributed by atoms with Crippen LogP contribution in [-0.2, 0) is 9.53 Å². The highest BCUT2D eigenvalue weighted by Gasteiger charge is 2.11. The van der Waals surface area contributed by atoms with E-state index in [2.05, 4.69) is 16.1 Å². The van der Waals surface area contributed by atoms with Gasteiger partial charge in [-0.3, -0.25) is 4.79 Å². The van der Waals surface area contributed by atoms with E-state index in [4.69, 9.17) is 0 Å². The van der Waals surface area contributed by atoms with Crippen molar-refractivity contribution in [2.45, 2.75) is 45.1 Å². The summed E-state index contributed by atoms with van der Waals surface area (Å²) in [6, 6.07) is -0.195. The Labute approximate surface area is 91.9 Å². The van der Waals surface area contributed by atoms with Gasteiger partial charge in [0.25, 0.3) is 0 Å². The van der Waals surface area contributed by atoms with E-state index in [1.807, 2.05) is 6.92 Å².